The summed E-state index contributed by atoms with van der Waals surface area (Å²) in [5.74, 6) is -0.515. The molecule has 1 aliphatic heterocycles. The van der Waals surface area contributed by atoms with E-state index in [1.807, 2.05) is 0 Å². The van der Waals surface area contributed by atoms with Crippen LogP contribution in [-0.4, -0.2) is 29.4 Å². The molecule has 1 aromatic heterocycles. The lowest BCUT2D eigenvalue weighted by atomic mass is 10.1. The summed E-state index contributed by atoms with van der Waals surface area (Å²) in [5, 5.41) is 5.48. The Morgan fingerprint density at radius 3 is 2.90 bits per heavy atom. The van der Waals surface area contributed by atoms with Crippen molar-refractivity contribution in [2.45, 2.75) is 32.2 Å². The fourth-order valence-electron chi connectivity index (χ4n) is 2.15. The van der Waals surface area contributed by atoms with Crippen LogP contribution in [-0.2, 0) is 4.79 Å². The minimum absolute atomic E-state index is 0.156. The van der Waals surface area contributed by atoms with Crippen LogP contribution in [0.2, 0.25) is 0 Å². The maximum Gasteiger partial charge on any atom is 0.262 e. The molecular formula is C13H16BrN3O3. The SMILES string of the molecule is Cc1[nH]c(=O)c(Br)cc1C(=O)NC1CCCCNC1=O. The second-order valence-corrected chi connectivity index (χ2v) is 5.65. The number of amides is 2. The van der Waals surface area contributed by atoms with Crippen molar-refractivity contribution in [3.8, 4) is 0 Å². The molecule has 2 rings (SSSR count). The van der Waals surface area contributed by atoms with Gasteiger partial charge in [0.15, 0.2) is 0 Å². The Labute approximate surface area is 124 Å². The first-order valence-electron chi connectivity index (χ1n) is 6.47. The maximum absolute atomic E-state index is 12.2. The quantitative estimate of drug-likeness (QED) is 0.744. The van der Waals surface area contributed by atoms with Crippen molar-refractivity contribution in [3.63, 3.8) is 0 Å². The van der Waals surface area contributed by atoms with Crippen LogP contribution in [0.3, 0.4) is 0 Å². The molecule has 0 radical (unpaired) electrons. The summed E-state index contributed by atoms with van der Waals surface area (Å²) in [6.45, 7) is 2.30. The lowest BCUT2D eigenvalue weighted by Crippen LogP contribution is -2.45. The molecule has 0 spiro atoms. The van der Waals surface area contributed by atoms with E-state index >= 15 is 0 Å². The van der Waals surface area contributed by atoms with E-state index in [0.717, 1.165) is 12.8 Å². The van der Waals surface area contributed by atoms with Crippen LogP contribution in [0.4, 0.5) is 0 Å². The first kappa shape index (κ1) is 14.8. The summed E-state index contributed by atoms with van der Waals surface area (Å²) < 4.78 is 0.290. The molecule has 1 aliphatic rings. The molecule has 0 bridgehead atoms. The van der Waals surface area contributed by atoms with E-state index < -0.39 is 6.04 Å². The van der Waals surface area contributed by atoms with Crippen molar-refractivity contribution < 1.29 is 9.59 Å². The summed E-state index contributed by atoms with van der Waals surface area (Å²) in [6.07, 6.45) is 2.43. The molecule has 7 heteroatoms. The topological polar surface area (TPSA) is 91.1 Å². The highest BCUT2D eigenvalue weighted by Gasteiger charge is 2.23. The van der Waals surface area contributed by atoms with Gasteiger partial charge in [-0.15, -0.1) is 0 Å². The first-order chi connectivity index (χ1) is 9.49. The number of aryl methyl sites for hydroxylation is 1. The molecule has 1 unspecified atom stereocenters. The van der Waals surface area contributed by atoms with Crippen LogP contribution in [0, 0.1) is 6.92 Å². The maximum atomic E-state index is 12.2. The number of carbonyl (C=O) groups excluding carboxylic acids is 2. The van der Waals surface area contributed by atoms with Gasteiger partial charge in [0.2, 0.25) is 5.91 Å². The number of carbonyl (C=O) groups is 2. The summed E-state index contributed by atoms with van der Waals surface area (Å²) in [6, 6.07) is 0.952. The Balaban J connectivity index is 2.17. The molecule has 1 saturated heterocycles. The number of rotatable bonds is 2. The molecule has 2 amide bonds. The molecular weight excluding hydrogens is 326 g/mol. The highest BCUT2D eigenvalue weighted by Crippen LogP contribution is 2.11. The molecule has 6 nitrogen and oxygen atoms in total. The molecule has 0 aliphatic carbocycles. The van der Waals surface area contributed by atoms with Gasteiger partial charge in [0, 0.05) is 12.2 Å². The molecule has 1 fully saturated rings. The normalized spacial score (nSPS) is 19.1. The fraction of sp³-hybridized carbons (Fsp3) is 0.462. The van der Waals surface area contributed by atoms with Gasteiger partial charge in [0.1, 0.15) is 6.04 Å². The molecule has 2 heterocycles. The van der Waals surface area contributed by atoms with Crippen molar-refractivity contribution in [3.05, 3.63) is 32.2 Å². The summed E-state index contributed by atoms with van der Waals surface area (Å²) in [4.78, 5) is 38.0. The van der Waals surface area contributed by atoms with Gasteiger partial charge in [-0.05, 0) is 48.2 Å². The zero-order valence-electron chi connectivity index (χ0n) is 11.1. The van der Waals surface area contributed by atoms with E-state index in [1.54, 1.807) is 6.92 Å². The van der Waals surface area contributed by atoms with Crippen LogP contribution in [0.5, 0.6) is 0 Å². The number of hydrogen-bond acceptors (Lipinski definition) is 3. The zero-order valence-corrected chi connectivity index (χ0v) is 12.7. The van der Waals surface area contributed by atoms with Gasteiger partial charge >= 0.3 is 0 Å². The molecule has 1 atom stereocenters. The number of aromatic amines is 1. The molecule has 20 heavy (non-hydrogen) atoms. The minimum atomic E-state index is -0.518. The average molecular weight is 342 g/mol. The van der Waals surface area contributed by atoms with Crippen LogP contribution < -0.4 is 16.2 Å². The Kier molecular flexibility index (Phi) is 4.59. The van der Waals surface area contributed by atoms with Gasteiger partial charge < -0.3 is 15.6 Å². The summed E-state index contributed by atoms with van der Waals surface area (Å²) in [7, 11) is 0. The molecule has 108 valence electrons. The lowest BCUT2D eigenvalue weighted by Gasteiger charge is -2.16. The van der Waals surface area contributed by atoms with E-state index in [4.69, 9.17) is 0 Å². The van der Waals surface area contributed by atoms with Crippen LogP contribution in [0.25, 0.3) is 0 Å². The zero-order chi connectivity index (χ0) is 14.7. The average Bonchev–Trinajstić information content (AvgIpc) is 2.59. The largest absolute Gasteiger partial charge is 0.354 e. The van der Waals surface area contributed by atoms with E-state index in [-0.39, 0.29) is 17.4 Å². The highest BCUT2D eigenvalue weighted by molar-refractivity contribution is 9.10. The number of halogens is 1. The van der Waals surface area contributed by atoms with Gasteiger partial charge in [0.25, 0.3) is 11.5 Å². The number of H-pyrrole nitrogens is 1. The molecule has 0 aromatic carbocycles. The predicted molar refractivity (Wildman–Crippen MR) is 77.6 cm³/mol. The number of aromatic nitrogens is 1. The standard InChI is InChI=1S/C13H16BrN3O3/c1-7-8(6-9(14)12(19)16-7)11(18)17-10-4-2-3-5-15-13(10)20/h6,10H,2-5H2,1H3,(H,15,20)(H,16,19)(H,17,18). The summed E-state index contributed by atoms with van der Waals surface area (Å²) in [5.41, 5.74) is 0.546. The van der Waals surface area contributed by atoms with E-state index in [9.17, 15) is 14.4 Å². The molecule has 0 saturated carbocycles. The van der Waals surface area contributed by atoms with Gasteiger partial charge in [-0.2, -0.15) is 0 Å². The number of hydrogen-bond donors (Lipinski definition) is 3. The van der Waals surface area contributed by atoms with E-state index in [1.165, 1.54) is 6.07 Å². The molecule has 1 aromatic rings. The van der Waals surface area contributed by atoms with Crippen molar-refractivity contribution in [2.24, 2.45) is 0 Å². The Morgan fingerprint density at radius 2 is 2.15 bits per heavy atom. The Morgan fingerprint density at radius 1 is 1.40 bits per heavy atom. The van der Waals surface area contributed by atoms with E-state index in [0.29, 0.717) is 28.7 Å². The smallest absolute Gasteiger partial charge is 0.262 e. The number of nitrogens with one attached hydrogen (secondary N) is 3. The van der Waals surface area contributed by atoms with Crippen LogP contribution in [0.15, 0.2) is 15.3 Å². The minimum Gasteiger partial charge on any atom is -0.354 e. The highest BCUT2D eigenvalue weighted by atomic mass is 79.9. The third-order valence-electron chi connectivity index (χ3n) is 3.28. The monoisotopic (exact) mass is 341 g/mol. The second-order valence-electron chi connectivity index (χ2n) is 4.80. The van der Waals surface area contributed by atoms with Gasteiger partial charge in [-0.25, -0.2) is 0 Å². The Bertz CT molecular complexity index is 597. The van der Waals surface area contributed by atoms with Crippen molar-refractivity contribution >= 4 is 27.7 Å². The first-order valence-corrected chi connectivity index (χ1v) is 7.26. The third kappa shape index (κ3) is 3.27. The Hall–Kier alpha value is -1.63. The molecule has 3 N–H and O–H groups in total. The van der Waals surface area contributed by atoms with Gasteiger partial charge in [-0.1, -0.05) is 0 Å². The summed E-state index contributed by atoms with van der Waals surface area (Å²) >= 11 is 3.10. The van der Waals surface area contributed by atoms with Crippen molar-refractivity contribution in [1.29, 1.82) is 0 Å². The van der Waals surface area contributed by atoms with Gasteiger partial charge in [-0.3, -0.25) is 14.4 Å². The van der Waals surface area contributed by atoms with Gasteiger partial charge in [0.05, 0.1) is 10.0 Å². The second kappa shape index (κ2) is 6.21. The predicted octanol–water partition coefficient (Wildman–Crippen LogP) is 0.844. The van der Waals surface area contributed by atoms with Crippen LogP contribution in [0.1, 0.15) is 35.3 Å². The third-order valence-corrected chi connectivity index (χ3v) is 3.87. The lowest BCUT2D eigenvalue weighted by molar-refractivity contribution is -0.122. The van der Waals surface area contributed by atoms with Crippen LogP contribution >= 0.6 is 15.9 Å². The number of pyridine rings is 1. The fourth-order valence-corrected chi connectivity index (χ4v) is 2.47. The van der Waals surface area contributed by atoms with Crippen molar-refractivity contribution in [2.75, 3.05) is 6.54 Å². The van der Waals surface area contributed by atoms with E-state index in [2.05, 4.69) is 31.5 Å². The van der Waals surface area contributed by atoms with Crippen molar-refractivity contribution in [1.82, 2.24) is 15.6 Å².